The first kappa shape index (κ1) is 16.7. The molecule has 0 atom stereocenters. The number of aliphatic hydroxyl groups is 1. The monoisotopic (exact) mass is 334 g/mol. The SMILES string of the molecule is Cc1cc(-c2ncnn3cc(C#CCCO)cc23)ccc1CNC=O. The van der Waals surface area contributed by atoms with Crippen LogP contribution in [0.5, 0.6) is 0 Å². The van der Waals surface area contributed by atoms with Crippen LogP contribution < -0.4 is 5.32 Å². The summed E-state index contributed by atoms with van der Waals surface area (Å²) in [6.07, 6.45) is 4.51. The van der Waals surface area contributed by atoms with Crippen LogP contribution in [-0.4, -0.2) is 32.7 Å². The van der Waals surface area contributed by atoms with Gasteiger partial charge in [0.1, 0.15) is 6.33 Å². The second-order valence-corrected chi connectivity index (χ2v) is 5.58. The van der Waals surface area contributed by atoms with Gasteiger partial charge in [-0.3, -0.25) is 4.79 Å². The van der Waals surface area contributed by atoms with Gasteiger partial charge in [-0.05, 0) is 30.2 Å². The Kier molecular flexibility index (Phi) is 5.07. The minimum atomic E-state index is 0.0516. The lowest BCUT2D eigenvalue weighted by Crippen LogP contribution is -2.10. The van der Waals surface area contributed by atoms with Crippen molar-refractivity contribution < 1.29 is 9.90 Å². The van der Waals surface area contributed by atoms with E-state index in [0.717, 1.165) is 33.5 Å². The van der Waals surface area contributed by atoms with Crippen molar-refractivity contribution in [2.24, 2.45) is 0 Å². The van der Waals surface area contributed by atoms with Crippen LogP contribution in [0.1, 0.15) is 23.1 Å². The van der Waals surface area contributed by atoms with E-state index in [1.54, 1.807) is 4.52 Å². The predicted octanol–water partition coefficient (Wildman–Crippen LogP) is 1.68. The third-order valence-electron chi connectivity index (χ3n) is 3.87. The molecule has 0 aliphatic carbocycles. The fraction of sp³-hybridized carbons (Fsp3) is 0.211. The van der Waals surface area contributed by atoms with Gasteiger partial charge >= 0.3 is 0 Å². The van der Waals surface area contributed by atoms with Gasteiger partial charge in [0, 0.05) is 30.3 Å². The summed E-state index contributed by atoms with van der Waals surface area (Å²) in [5, 5.41) is 15.7. The summed E-state index contributed by atoms with van der Waals surface area (Å²) < 4.78 is 1.75. The molecule has 2 heterocycles. The Hall–Kier alpha value is -3.17. The normalized spacial score (nSPS) is 10.3. The Morgan fingerprint density at radius 2 is 2.24 bits per heavy atom. The largest absolute Gasteiger partial charge is 0.395 e. The third kappa shape index (κ3) is 3.67. The fourth-order valence-corrected chi connectivity index (χ4v) is 2.63. The molecule has 2 N–H and O–H groups in total. The number of carbonyl (C=O) groups is 1. The maximum absolute atomic E-state index is 10.5. The predicted molar refractivity (Wildman–Crippen MR) is 94.6 cm³/mol. The molecule has 1 aromatic carbocycles. The van der Waals surface area contributed by atoms with E-state index in [0.29, 0.717) is 19.4 Å². The highest BCUT2D eigenvalue weighted by Gasteiger charge is 2.10. The number of hydrogen-bond donors (Lipinski definition) is 2. The molecule has 0 saturated carbocycles. The molecule has 2 aromatic heterocycles. The molecule has 0 fully saturated rings. The van der Waals surface area contributed by atoms with E-state index in [2.05, 4.69) is 27.2 Å². The lowest BCUT2D eigenvalue weighted by molar-refractivity contribution is -0.109. The highest BCUT2D eigenvalue weighted by atomic mass is 16.2. The van der Waals surface area contributed by atoms with E-state index >= 15 is 0 Å². The Balaban J connectivity index is 1.99. The van der Waals surface area contributed by atoms with E-state index in [1.807, 2.05) is 37.4 Å². The van der Waals surface area contributed by atoms with Crippen molar-refractivity contribution in [2.45, 2.75) is 19.9 Å². The number of amides is 1. The standard InChI is InChI=1S/C19H18N4O2/c1-14-8-16(5-6-17(14)10-20-13-25)19-18-9-15(4-2-3-7-24)11-23(18)22-12-21-19/h5-6,8-9,11-13,24H,3,7,10H2,1H3,(H,20,25). The topological polar surface area (TPSA) is 79.5 Å². The lowest BCUT2D eigenvalue weighted by Gasteiger charge is -2.08. The Bertz CT molecular complexity index is 966. The molecular formula is C19H18N4O2. The second kappa shape index (κ2) is 7.60. The maximum Gasteiger partial charge on any atom is 0.207 e. The Labute approximate surface area is 145 Å². The molecule has 3 rings (SSSR count). The van der Waals surface area contributed by atoms with Crippen LogP contribution in [0.25, 0.3) is 16.8 Å². The average Bonchev–Trinajstić information content (AvgIpc) is 3.03. The summed E-state index contributed by atoms with van der Waals surface area (Å²) in [6.45, 7) is 2.56. The van der Waals surface area contributed by atoms with E-state index in [1.165, 1.54) is 6.33 Å². The lowest BCUT2D eigenvalue weighted by atomic mass is 10.0. The van der Waals surface area contributed by atoms with Crippen molar-refractivity contribution in [3.63, 3.8) is 0 Å². The summed E-state index contributed by atoms with van der Waals surface area (Å²) in [6, 6.07) is 7.97. The first-order valence-electron chi connectivity index (χ1n) is 7.93. The quantitative estimate of drug-likeness (QED) is 0.550. The number of nitrogens with one attached hydrogen (secondary N) is 1. The van der Waals surface area contributed by atoms with Gasteiger partial charge in [-0.2, -0.15) is 5.10 Å². The zero-order valence-corrected chi connectivity index (χ0v) is 13.9. The molecule has 0 spiro atoms. The summed E-state index contributed by atoms with van der Waals surface area (Å²) in [4.78, 5) is 14.9. The van der Waals surface area contributed by atoms with Gasteiger partial charge in [-0.25, -0.2) is 9.50 Å². The van der Waals surface area contributed by atoms with Gasteiger partial charge in [0.2, 0.25) is 6.41 Å². The number of aryl methyl sites for hydroxylation is 1. The van der Waals surface area contributed by atoms with E-state index in [9.17, 15) is 4.79 Å². The third-order valence-corrected chi connectivity index (χ3v) is 3.87. The van der Waals surface area contributed by atoms with Crippen LogP contribution in [0.3, 0.4) is 0 Å². The van der Waals surface area contributed by atoms with Gasteiger partial charge in [-0.1, -0.05) is 24.0 Å². The molecule has 0 unspecified atom stereocenters. The van der Waals surface area contributed by atoms with Gasteiger partial charge < -0.3 is 10.4 Å². The number of hydrogen-bond acceptors (Lipinski definition) is 4. The number of fused-ring (bicyclic) bond motifs is 1. The second-order valence-electron chi connectivity index (χ2n) is 5.58. The highest BCUT2D eigenvalue weighted by Crippen LogP contribution is 2.25. The van der Waals surface area contributed by atoms with Crippen molar-refractivity contribution >= 4 is 11.9 Å². The molecule has 1 amide bonds. The first-order chi connectivity index (χ1) is 12.2. The molecule has 0 aliphatic heterocycles. The Morgan fingerprint density at radius 3 is 3.00 bits per heavy atom. The van der Waals surface area contributed by atoms with Crippen molar-refractivity contribution in [3.05, 3.63) is 53.5 Å². The van der Waals surface area contributed by atoms with Crippen LogP contribution in [-0.2, 0) is 11.3 Å². The number of carbonyl (C=O) groups excluding carboxylic acids is 1. The van der Waals surface area contributed by atoms with Gasteiger partial charge in [0.25, 0.3) is 0 Å². The van der Waals surface area contributed by atoms with Crippen LogP contribution in [0.15, 0.2) is 36.8 Å². The molecule has 6 nitrogen and oxygen atoms in total. The van der Waals surface area contributed by atoms with E-state index < -0.39 is 0 Å². The highest BCUT2D eigenvalue weighted by molar-refractivity contribution is 5.78. The molecule has 126 valence electrons. The maximum atomic E-state index is 10.5. The summed E-state index contributed by atoms with van der Waals surface area (Å²) >= 11 is 0. The molecule has 0 bridgehead atoms. The Morgan fingerprint density at radius 1 is 1.36 bits per heavy atom. The van der Waals surface area contributed by atoms with Crippen molar-refractivity contribution in [3.8, 4) is 23.1 Å². The van der Waals surface area contributed by atoms with Crippen molar-refractivity contribution in [1.29, 1.82) is 0 Å². The van der Waals surface area contributed by atoms with E-state index in [4.69, 9.17) is 5.11 Å². The molecule has 0 radical (unpaired) electrons. The van der Waals surface area contributed by atoms with Crippen LogP contribution in [0, 0.1) is 18.8 Å². The number of rotatable bonds is 5. The van der Waals surface area contributed by atoms with Crippen LogP contribution in [0.2, 0.25) is 0 Å². The minimum Gasteiger partial charge on any atom is -0.395 e. The zero-order chi connectivity index (χ0) is 17.6. The molecule has 25 heavy (non-hydrogen) atoms. The molecule has 6 heteroatoms. The van der Waals surface area contributed by atoms with Crippen LogP contribution >= 0.6 is 0 Å². The minimum absolute atomic E-state index is 0.0516. The molecule has 3 aromatic rings. The van der Waals surface area contributed by atoms with Crippen LogP contribution in [0.4, 0.5) is 0 Å². The fourth-order valence-electron chi connectivity index (χ4n) is 2.63. The summed E-state index contributed by atoms with van der Waals surface area (Å²) in [5.41, 5.74) is 5.65. The number of aliphatic hydroxyl groups excluding tert-OH is 1. The van der Waals surface area contributed by atoms with Crippen molar-refractivity contribution in [2.75, 3.05) is 6.61 Å². The smallest absolute Gasteiger partial charge is 0.207 e. The average molecular weight is 334 g/mol. The molecular weight excluding hydrogens is 316 g/mol. The van der Waals surface area contributed by atoms with Gasteiger partial charge in [-0.15, -0.1) is 0 Å². The molecule has 0 aliphatic rings. The number of benzene rings is 1. The van der Waals surface area contributed by atoms with Gasteiger partial charge in [0.05, 0.1) is 17.8 Å². The zero-order valence-electron chi connectivity index (χ0n) is 13.9. The van der Waals surface area contributed by atoms with E-state index in [-0.39, 0.29) is 6.61 Å². The number of nitrogens with zero attached hydrogens (tertiary/aromatic N) is 3. The summed E-state index contributed by atoms with van der Waals surface area (Å²) in [5.74, 6) is 5.93. The van der Waals surface area contributed by atoms with Gasteiger partial charge in [0.15, 0.2) is 0 Å². The molecule has 0 saturated heterocycles. The van der Waals surface area contributed by atoms with Crippen molar-refractivity contribution in [1.82, 2.24) is 19.9 Å². The first-order valence-corrected chi connectivity index (χ1v) is 7.93. The summed E-state index contributed by atoms with van der Waals surface area (Å²) in [7, 11) is 0. The number of aromatic nitrogens is 3.